The predicted octanol–water partition coefficient (Wildman–Crippen LogP) is -0.947. The maximum atomic E-state index is 12.1. The van der Waals surface area contributed by atoms with Crippen LogP contribution in [0.15, 0.2) is 24.3 Å². The molecule has 0 atom stereocenters. The molecule has 1 aromatic rings. The predicted molar refractivity (Wildman–Crippen MR) is 39.9 cm³/mol. The third kappa shape index (κ3) is 3.22. The summed E-state index contributed by atoms with van der Waals surface area (Å²) in [6.45, 7) is -3.37. The Morgan fingerprint density at radius 2 is 1.58 bits per heavy atom. The van der Waals surface area contributed by atoms with E-state index in [-0.39, 0.29) is 51.4 Å². The second-order valence-electron chi connectivity index (χ2n) is 2.43. The van der Waals surface area contributed by atoms with Crippen molar-refractivity contribution >= 4 is 12.4 Å². The number of hydrogen-bond acceptors (Lipinski definition) is 0. The SMILES string of the molecule is Cc1ccccc1[B-](F)(F)F.[K+]. The van der Waals surface area contributed by atoms with Gasteiger partial charge in [-0.25, -0.2) is 0 Å². The fourth-order valence-electron chi connectivity index (χ4n) is 0.954. The maximum absolute atomic E-state index is 12.1. The molecule has 0 aliphatic heterocycles. The summed E-state index contributed by atoms with van der Waals surface area (Å²) in [5, 5.41) is 0. The Morgan fingerprint density at radius 1 is 1.08 bits per heavy atom. The van der Waals surface area contributed by atoms with Crippen molar-refractivity contribution in [2.24, 2.45) is 0 Å². The van der Waals surface area contributed by atoms with Crippen LogP contribution in [0.25, 0.3) is 0 Å². The van der Waals surface area contributed by atoms with Gasteiger partial charge in [-0.1, -0.05) is 29.8 Å². The molecule has 0 aliphatic rings. The van der Waals surface area contributed by atoms with Crippen LogP contribution in [0.5, 0.6) is 0 Å². The first kappa shape index (κ1) is 12.7. The zero-order valence-corrected chi connectivity index (χ0v) is 10.1. The molecule has 0 aromatic heterocycles. The van der Waals surface area contributed by atoms with Crippen LogP contribution in [-0.2, 0) is 0 Å². The molecule has 5 heteroatoms. The number of benzene rings is 1. The van der Waals surface area contributed by atoms with E-state index in [0.29, 0.717) is 5.56 Å². The van der Waals surface area contributed by atoms with E-state index in [9.17, 15) is 12.9 Å². The van der Waals surface area contributed by atoms with Gasteiger partial charge < -0.3 is 12.9 Å². The molecule has 0 N–H and O–H groups in total. The van der Waals surface area contributed by atoms with E-state index in [1.807, 2.05) is 0 Å². The van der Waals surface area contributed by atoms with Crippen molar-refractivity contribution in [2.75, 3.05) is 0 Å². The molecule has 0 amide bonds. The van der Waals surface area contributed by atoms with Gasteiger partial charge in [-0.2, -0.15) is 0 Å². The van der Waals surface area contributed by atoms with Crippen LogP contribution in [0.4, 0.5) is 12.9 Å². The van der Waals surface area contributed by atoms with Gasteiger partial charge >= 0.3 is 58.4 Å². The molecule has 0 aliphatic carbocycles. The first-order valence-electron chi connectivity index (χ1n) is 3.27. The molecule has 1 aromatic carbocycles. The van der Waals surface area contributed by atoms with E-state index in [0.717, 1.165) is 6.07 Å². The Labute approximate surface area is 112 Å². The Balaban J connectivity index is 0.00000121. The van der Waals surface area contributed by atoms with E-state index in [2.05, 4.69) is 0 Å². The van der Waals surface area contributed by atoms with Crippen molar-refractivity contribution in [3.63, 3.8) is 0 Å². The Bertz CT molecular complexity index is 259. The van der Waals surface area contributed by atoms with Gasteiger partial charge in [0, 0.05) is 0 Å². The number of halogens is 3. The molecule has 60 valence electrons. The largest absolute Gasteiger partial charge is 1.00 e. The fourth-order valence-corrected chi connectivity index (χ4v) is 0.954. The molecule has 0 fully saturated rings. The first-order chi connectivity index (χ1) is 5.02. The minimum atomic E-state index is -4.83. The summed E-state index contributed by atoms with van der Waals surface area (Å²) in [4.78, 5) is 0. The second-order valence-corrected chi connectivity index (χ2v) is 2.43. The minimum Gasteiger partial charge on any atom is -0.445 e. The van der Waals surface area contributed by atoms with E-state index in [1.165, 1.54) is 19.1 Å². The molecule has 0 saturated carbocycles. The topological polar surface area (TPSA) is 0 Å². The second kappa shape index (κ2) is 4.81. The molecule has 12 heavy (non-hydrogen) atoms. The average molecular weight is 198 g/mol. The third-order valence-electron chi connectivity index (χ3n) is 1.54. The smallest absolute Gasteiger partial charge is 0.445 e. The normalized spacial score (nSPS) is 10.7. The Hall–Kier alpha value is 0.711. The standard InChI is InChI=1S/C7H7BF3.K/c1-6-4-2-3-5-7(6)8(9,10)11;/h2-5H,1H3;/q-1;+1. The summed E-state index contributed by atoms with van der Waals surface area (Å²) < 4.78 is 36.3. The van der Waals surface area contributed by atoms with Crippen LogP contribution < -0.4 is 56.8 Å². The van der Waals surface area contributed by atoms with Crippen molar-refractivity contribution in [3.05, 3.63) is 29.8 Å². The van der Waals surface area contributed by atoms with Crippen molar-refractivity contribution in [1.29, 1.82) is 0 Å². The zero-order valence-electron chi connectivity index (χ0n) is 7.02. The number of rotatable bonds is 1. The monoisotopic (exact) mass is 198 g/mol. The quantitative estimate of drug-likeness (QED) is 0.510. The molecule has 0 heterocycles. The van der Waals surface area contributed by atoms with Gasteiger partial charge in [0.25, 0.3) is 0 Å². The Morgan fingerprint density at radius 3 is 1.92 bits per heavy atom. The molecule has 0 bridgehead atoms. The van der Waals surface area contributed by atoms with Gasteiger partial charge in [0.05, 0.1) is 0 Å². The average Bonchev–Trinajstić information content (AvgIpc) is 1.86. The summed E-state index contributed by atoms with van der Waals surface area (Å²) in [5.41, 5.74) is -0.201. The molecular formula is C7H7BF3K. The zero-order chi connectivity index (χ0) is 8.48. The number of aryl methyl sites for hydroxylation is 1. The molecular weight excluding hydrogens is 191 g/mol. The van der Waals surface area contributed by atoms with Gasteiger partial charge in [0.2, 0.25) is 0 Å². The fraction of sp³-hybridized carbons (Fsp3) is 0.143. The van der Waals surface area contributed by atoms with Crippen molar-refractivity contribution in [1.82, 2.24) is 0 Å². The summed E-state index contributed by atoms with van der Waals surface area (Å²) in [6, 6.07) is 5.57. The van der Waals surface area contributed by atoms with Crippen LogP contribution in [0.2, 0.25) is 0 Å². The molecule has 0 saturated heterocycles. The van der Waals surface area contributed by atoms with E-state index < -0.39 is 12.4 Å². The maximum Gasteiger partial charge on any atom is 1.00 e. The summed E-state index contributed by atoms with van der Waals surface area (Å²) in [6.07, 6.45) is 0. The van der Waals surface area contributed by atoms with Gasteiger partial charge in [-0.3, -0.25) is 0 Å². The van der Waals surface area contributed by atoms with Crippen LogP contribution in [0, 0.1) is 6.92 Å². The van der Waals surface area contributed by atoms with Crippen molar-refractivity contribution in [2.45, 2.75) is 6.92 Å². The van der Waals surface area contributed by atoms with E-state index in [1.54, 1.807) is 6.07 Å². The van der Waals surface area contributed by atoms with Gasteiger partial charge in [0.1, 0.15) is 0 Å². The van der Waals surface area contributed by atoms with Crippen LogP contribution in [-0.4, -0.2) is 6.98 Å². The molecule has 0 radical (unpaired) electrons. The summed E-state index contributed by atoms with van der Waals surface area (Å²) in [7, 11) is 0. The van der Waals surface area contributed by atoms with Crippen LogP contribution >= 0.6 is 0 Å². The first-order valence-corrected chi connectivity index (χ1v) is 3.27. The Kier molecular flexibility index (Phi) is 5.10. The van der Waals surface area contributed by atoms with Crippen LogP contribution in [0.1, 0.15) is 5.56 Å². The van der Waals surface area contributed by atoms with Gasteiger partial charge in [-0.15, -0.1) is 5.46 Å². The van der Waals surface area contributed by atoms with Gasteiger partial charge in [0.15, 0.2) is 0 Å². The summed E-state index contributed by atoms with van der Waals surface area (Å²) in [5.74, 6) is 0. The minimum absolute atomic E-state index is 0. The van der Waals surface area contributed by atoms with E-state index in [4.69, 9.17) is 0 Å². The molecule has 1 rings (SSSR count). The van der Waals surface area contributed by atoms with Crippen molar-refractivity contribution in [3.8, 4) is 0 Å². The van der Waals surface area contributed by atoms with Gasteiger partial charge in [-0.05, 0) is 6.92 Å². The molecule has 0 nitrogen and oxygen atoms in total. The molecule has 0 unspecified atom stereocenters. The van der Waals surface area contributed by atoms with Crippen molar-refractivity contribution < 1.29 is 64.3 Å². The summed E-state index contributed by atoms with van der Waals surface area (Å²) >= 11 is 0. The third-order valence-corrected chi connectivity index (χ3v) is 1.54. The van der Waals surface area contributed by atoms with E-state index >= 15 is 0 Å². The number of hydrogen-bond donors (Lipinski definition) is 0. The molecule has 0 spiro atoms. The van der Waals surface area contributed by atoms with Crippen LogP contribution in [0.3, 0.4) is 0 Å².